The standard InChI is InChI=1S/C19H29NO/c1-15-12-16(2)14-17(13-15)19(21)8-10-20(11-9-19)18-6-4-3-5-7-18/h3-7,15-17,21H,8-14H2,1-2H3. The van der Waals surface area contributed by atoms with Gasteiger partial charge < -0.3 is 10.0 Å². The van der Waals surface area contributed by atoms with Crippen molar-refractivity contribution in [1.82, 2.24) is 0 Å². The molecule has 3 rings (SSSR count). The number of anilines is 1. The molecule has 2 heteroatoms. The zero-order chi connectivity index (χ0) is 14.9. The van der Waals surface area contributed by atoms with Crippen LogP contribution in [0, 0.1) is 17.8 Å². The highest BCUT2D eigenvalue weighted by Gasteiger charge is 2.42. The fraction of sp³-hybridized carbons (Fsp3) is 0.684. The summed E-state index contributed by atoms with van der Waals surface area (Å²) < 4.78 is 0. The van der Waals surface area contributed by atoms with Crippen LogP contribution in [-0.4, -0.2) is 23.8 Å². The van der Waals surface area contributed by atoms with Crippen LogP contribution < -0.4 is 4.90 Å². The van der Waals surface area contributed by atoms with E-state index in [1.54, 1.807) is 0 Å². The number of nitrogens with zero attached hydrogens (tertiary/aromatic N) is 1. The van der Waals surface area contributed by atoms with Crippen molar-refractivity contribution >= 4 is 5.69 Å². The number of benzene rings is 1. The maximum absolute atomic E-state index is 11.2. The van der Waals surface area contributed by atoms with Crippen LogP contribution in [0.15, 0.2) is 30.3 Å². The molecule has 2 aliphatic rings. The molecule has 1 aromatic rings. The summed E-state index contributed by atoms with van der Waals surface area (Å²) in [7, 11) is 0. The third-order valence-corrected chi connectivity index (χ3v) is 5.69. The van der Waals surface area contributed by atoms with Gasteiger partial charge in [-0.05, 0) is 62.0 Å². The molecule has 1 aliphatic carbocycles. The molecule has 1 saturated heterocycles. The summed E-state index contributed by atoms with van der Waals surface area (Å²) in [5, 5.41) is 11.2. The van der Waals surface area contributed by atoms with Crippen molar-refractivity contribution in [3.05, 3.63) is 30.3 Å². The van der Waals surface area contributed by atoms with Crippen molar-refractivity contribution in [2.45, 2.75) is 51.6 Å². The van der Waals surface area contributed by atoms with Crippen molar-refractivity contribution in [2.75, 3.05) is 18.0 Å². The van der Waals surface area contributed by atoms with Crippen LogP contribution >= 0.6 is 0 Å². The first-order valence-electron chi connectivity index (χ1n) is 8.59. The molecule has 1 N–H and O–H groups in total. The van der Waals surface area contributed by atoms with Gasteiger partial charge in [-0.3, -0.25) is 0 Å². The number of hydrogen-bond acceptors (Lipinski definition) is 2. The highest BCUT2D eigenvalue weighted by atomic mass is 16.3. The van der Waals surface area contributed by atoms with E-state index < -0.39 is 5.60 Å². The van der Waals surface area contributed by atoms with Crippen molar-refractivity contribution in [2.24, 2.45) is 17.8 Å². The SMILES string of the molecule is CC1CC(C)CC(C2(O)CCN(c3ccccc3)CC2)C1. The Bertz CT molecular complexity index is 440. The van der Waals surface area contributed by atoms with Gasteiger partial charge in [0, 0.05) is 18.8 Å². The zero-order valence-corrected chi connectivity index (χ0v) is 13.5. The molecule has 21 heavy (non-hydrogen) atoms. The second kappa shape index (κ2) is 6.00. The Morgan fingerprint density at radius 3 is 2.10 bits per heavy atom. The molecule has 1 heterocycles. The van der Waals surface area contributed by atoms with Crippen molar-refractivity contribution in [3.63, 3.8) is 0 Å². The van der Waals surface area contributed by atoms with Gasteiger partial charge in [-0.25, -0.2) is 0 Å². The minimum atomic E-state index is -0.422. The van der Waals surface area contributed by atoms with Crippen LogP contribution in [0.4, 0.5) is 5.69 Å². The van der Waals surface area contributed by atoms with Gasteiger partial charge in [-0.2, -0.15) is 0 Å². The van der Waals surface area contributed by atoms with E-state index in [0.717, 1.165) is 37.8 Å². The molecule has 1 saturated carbocycles. The molecule has 0 spiro atoms. The Morgan fingerprint density at radius 1 is 0.952 bits per heavy atom. The van der Waals surface area contributed by atoms with Crippen LogP contribution in [0.2, 0.25) is 0 Å². The largest absolute Gasteiger partial charge is 0.389 e. The molecule has 2 unspecified atom stereocenters. The molecule has 0 bridgehead atoms. The third kappa shape index (κ3) is 3.26. The van der Waals surface area contributed by atoms with Gasteiger partial charge in [0.2, 0.25) is 0 Å². The molecular weight excluding hydrogens is 258 g/mol. The fourth-order valence-electron chi connectivity index (χ4n) is 4.58. The first-order chi connectivity index (χ1) is 10.1. The van der Waals surface area contributed by atoms with Crippen LogP contribution in [0.3, 0.4) is 0 Å². The quantitative estimate of drug-likeness (QED) is 0.885. The van der Waals surface area contributed by atoms with Gasteiger partial charge in [0.1, 0.15) is 0 Å². The Morgan fingerprint density at radius 2 is 1.52 bits per heavy atom. The monoisotopic (exact) mass is 287 g/mol. The fourth-order valence-corrected chi connectivity index (χ4v) is 4.58. The van der Waals surface area contributed by atoms with E-state index in [1.807, 2.05) is 0 Å². The molecule has 1 aliphatic heterocycles. The summed E-state index contributed by atoms with van der Waals surface area (Å²) >= 11 is 0. The summed E-state index contributed by atoms with van der Waals surface area (Å²) in [6.45, 7) is 6.68. The predicted molar refractivity (Wildman–Crippen MR) is 88.5 cm³/mol. The molecule has 116 valence electrons. The van der Waals surface area contributed by atoms with Crippen LogP contribution in [0.1, 0.15) is 46.0 Å². The van der Waals surface area contributed by atoms with Gasteiger partial charge >= 0.3 is 0 Å². The van der Waals surface area contributed by atoms with Crippen LogP contribution in [0.5, 0.6) is 0 Å². The zero-order valence-electron chi connectivity index (χ0n) is 13.5. The first kappa shape index (κ1) is 14.9. The molecule has 2 nitrogen and oxygen atoms in total. The molecule has 0 amide bonds. The normalized spacial score (nSPS) is 32.9. The van der Waals surface area contributed by atoms with Gasteiger partial charge in [-0.15, -0.1) is 0 Å². The average molecular weight is 287 g/mol. The first-order valence-corrected chi connectivity index (χ1v) is 8.59. The van der Waals surface area contributed by atoms with Crippen molar-refractivity contribution in [1.29, 1.82) is 0 Å². The van der Waals surface area contributed by atoms with E-state index >= 15 is 0 Å². The Hall–Kier alpha value is -1.02. The lowest BCUT2D eigenvalue weighted by Gasteiger charge is -2.47. The topological polar surface area (TPSA) is 23.5 Å². The number of rotatable bonds is 2. The molecule has 0 radical (unpaired) electrons. The summed E-state index contributed by atoms with van der Waals surface area (Å²) in [4.78, 5) is 2.42. The summed E-state index contributed by atoms with van der Waals surface area (Å²) in [6.07, 6.45) is 5.61. The molecule has 2 fully saturated rings. The average Bonchev–Trinajstić information content (AvgIpc) is 2.48. The van der Waals surface area contributed by atoms with Crippen molar-refractivity contribution < 1.29 is 5.11 Å². The number of para-hydroxylation sites is 1. The Kier molecular flexibility index (Phi) is 4.26. The van der Waals surface area contributed by atoms with Gasteiger partial charge in [0.25, 0.3) is 0 Å². The summed E-state index contributed by atoms with van der Waals surface area (Å²) in [5.41, 5.74) is 0.874. The maximum Gasteiger partial charge on any atom is 0.0709 e. The number of hydrogen-bond donors (Lipinski definition) is 1. The highest BCUT2D eigenvalue weighted by molar-refractivity contribution is 5.46. The number of aliphatic hydroxyl groups is 1. The predicted octanol–water partition coefficient (Wildman–Crippen LogP) is 4.09. The van der Waals surface area contributed by atoms with E-state index in [0.29, 0.717) is 5.92 Å². The Labute approximate surface area is 129 Å². The van der Waals surface area contributed by atoms with Gasteiger partial charge in [0.15, 0.2) is 0 Å². The summed E-state index contributed by atoms with van der Waals surface area (Å²) in [6, 6.07) is 10.6. The second-order valence-corrected chi connectivity index (χ2v) is 7.54. The summed E-state index contributed by atoms with van der Waals surface area (Å²) in [5.74, 6) is 2.05. The molecule has 0 aromatic heterocycles. The molecular formula is C19H29NO. The lowest BCUT2D eigenvalue weighted by molar-refractivity contribution is -0.0653. The Balaban J connectivity index is 1.64. The van der Waals surface area contributed by atoms with E-state index in [4.69, 9.17) is 0 Å². The maximum atomic E-state index is 11.2. The number of piperidine rings is 1. The second-order valence-electron chi connectivity index (χ2n) is 7.54. The lowest BCUT2D eigenvalue weighted by atomic mass is 9.67. The molecule has 2 atom stereocenters. The minimum Gasteiger partial charge on any atom is -0.389 e. The smallest absolute Gasteiger partial charge is 0.0709 e. The van der Waals surface area contributed by atoms with Gasteiger partial charge in [0.05, 0.1) is 5.60 Å². The molecule has 1 aromatic carbocycles. The van der Waals surface area contributed by atoms with Gasteiger partial charge in [-0.1, -0.05) is 32.0 Å². The van der Waals surface area contributed by atoms with Crippen LogP contribution in [-0.2, 0) is 0 Å². The van der Waals surface area contributed by atoms with E-state index in [1.165, 1.54) is 24.9 Å². The lowest BCUT2D eigenvalue weighted by Crippen LogP contribution is -2.50. The van der Waals surface area contributed by atoms with Crippen molar-refractivity contribution in [3.8, 4) is 0 Å². The van der Waals surface area contributed by atoms with E-state index in [-0.39, 0.29) is 0 Å². The van der Waals surface area contributed by atoms with Crippen LogP contribution in [0.25, 0.3) is 0 Å². The highest BCUT2D eigenvalue weighted by Crippen LogP contribution is 2.43. The van der Waals surface area contributed by atoms with E-state index in [9.17, 15) is 5.11 Å². The van der Waals surface area contributed by atoms with E-state index in [2.05, 4.69) is 49.1 Å². The minimum absolute atomic E-state index is 0.422. The third-order valence-electron chi connectivity index (χ3n) is 5.69.